The lowest BCUT2D eigenvalue weighted by molar-refractivity contribution is -0.718. The number of nitrogens with zero attached hydrogens (tertiary/aromatic N) is 1. The zero-order valence-electron chi connectivity index (χ0n) is 17.2. The van der Waals surface area contributed by atoms with Crippen molar-refractivity contribution in [3.05, 3.63) is 74.8 Å². The third-order valence-corrected chi connectivity index (χ3v) is 5.40. The Morgan fingerprint density at radius 2 is 1.79 bits per heavy atom. The molecule has 0 aliphatic carbocycles. The third kappa shape index (κ3) is 4.62. The first kappa shape index (κ1) is 20.6. The maximum Gasteiger partial charge on any atom is 0.258 e. The first-order valence-corrected chi connectivity index (χ1v) is 10.1. The fraction of sp³-hybridized carbons (Fsp3) is 0.391. The molecule has 3 aromatic rings. The minimum absolute atomic E-state index is 0.124. The molecule has 0 fully saturated rings. The van der Waals surface area contributed by atoms with E-state index in [4.69, 9.17) is 11.6 Å². The van der Waals surface area contributed by atoms with Gasteiger partial charge in [-0.15, -0.1) is 0 Å². The number of aromatic nitrogens is 2. The Balaban J connectivity index is 1.82. The summed E-state index contributed by atoms with van der Waals surface area (Å²) in [6.45, 7) is 11.7. The molecule has 1 heterocycles. The van der Waals surface area contributed by atoms with Gasteiger partial charge in [0.05, 0.1) is 10.9 Å². The smallest absolute Gasteiger partial charge is 0.258 e. The molecule has 2 aromatic carbocycles. The van der Waals surface area contributed by atoms with Gasteiger partial charge in [-0.05, 0) is 29.2 Å². The second-order valence-corrected chi connectivity index (χ2v) is 9.19. The summed E-state index contributed by atoms with van der Waals surface area (Å²) in [4.78, 5) is 19.8. The number of quaternary nitrogens is 1. The maximum atomic E-state index is 12.3. The Kier molecular flexibility index (Phi) is 5.92. The molecule has 28 heavy (non-hydrogen) atoms. The molecule has 0 amide bonds. The average Bonchev–Trinajstić information content (AvgIpc) is 2.61. The van der Waals surface area contributed by atoms with E-state index in [0.29, 0.717) is 34.2 Å². The Hall–Kier alpha value is -2.17. The van der Waals surface area contributed by atoms with E-state index in [2.05, 4.69) is 74.2 Å². The molecule has 4 nitrogen and oxygen atoms in total. The van der Waals surface area contributed by atoms with E-state index in [9.17, 15) is 4.79 Å². The molecule has 1 aromatic heterocycles. The van der Waals surface area contributed by atoms with Gasteiger partial charge in [-0.1, -0.05) is 70.5 Å². The normalized spacial score (nSPS) is 13.2. The molecular weight excluding hydrogens is 370 g/mol. The van der Waals surface area contributed by atoms with Gasteiger partial charge in [0.15, 0.2) is 5.82 Å². The van der Waals surface area contributed by atoms with E-state index in [1.807, 2.05) is 0 Å². The molecule has 0 saturated carbocycles. The number of fused-ring (bicyclic) bond motifs is 1. The summed E-state index contributed by atoms with van der Waals surface area (Å²) in [7, 11) is 0. The van der Waals surface area contributed by atoms with Crippen molar-refractivity contribution < 1.29 is 5.32 Å². The highest BCUT2D eigenvalue weighted by Crippen LogP contribution is 2.25. The van der Waals surface area contributed by atoms with E-state index >= 15 is 0 Å². The largest absolute Gasteiger partial charge is 0.334 e. The topological polar surface area (TPSA) is 62.4 Å². The molecule has 1 atom stereocenters. The predicted molar refractivity (Wildman–Crippen MR) is 116 cm³/mol. The van der Waals surface area contributed by atoms with Gasteiger partial charge in [0, 0.05) is 16.5 Å². The van der Waals surface area contributed by atoms with Crippen molar-refractivity contribution >= 4 is 22.5 Å². The van der Waals surface area contributed by atoms with Crippen molar-refractivity contribution in [2.45, 2.75) is 52.6 Å². The summed E-state index contributed by atoms with van der Waals surface area (Å²) in [5.41, 5.74) is 3.27. The Bertz CT molecular complexity index is 1020. The summed E-state index contributed by atoms with van der Waals surface area (Å²) in [5.74, 6) is 1.11. The molecular formula is C23H29ClN3O+. The van der Waals surface area contributed by atoms with Crippen LogP contribution < -0.4 is 10.9 Å². The standard InChI is InChI=1S/C23H28ClN3O/c1-14(2)21(15-6-8-16(9-7-15)23(3,4)5)25-13-20-26-19-12-17(24)10-11-18(19)22(28)27-20/h6-12,14,21,25H,13H2,1-5H3,(H,26,27,28)/p+1/t21-/m1/s1. The van der Waals surface area contributed by atoms with Crippen LogP contribution in [0.3, 0.4) is 0 Å². The van der Waals surface area contributed by atoms with Crippen molar-refractivity contribution in [3.63, 3.8) is 0 Å². The zero-order valence-corrected chi connectivity index (χ0v) is 18.0. The Morgan fingerprint density at radius 1 is 1.11 bits per heavy atom. The first-order valence-electron chi connectivity index (χ1n) is 9.77. The maximum absolute atomic E-state index is 12.3. The van der Waals surface area contributed by atoms with Crippen LogP contribution in [0.25, 0.3) is 10.9 Å². The molecule has 0 aliphatic heterocycles. The van der Waals surface area contributed by atoms with E-state index in [1.54, 1.807) is 18.2 Å². The van der Waals surface area contributed by atoms with Crippen molar-refractivity contribution in [2.24, 2.45) is 5.92 Å². The monoisotopic (exact) mass is 398 g/mol. The third-order valence-electron chi connectivity index (χ3n) is 5.16. The lowest BCUT2D eigenvalue weighted by Gasteiger charge is -2.22. The van der Waals surface area contributed by atoms with Crippen LogP contribution in [0.15, 0.2) is 47.3 Å². The van der Waals surface area contributed by atoms with Crippen LogP contribution in [-0.2, 0) is 12.0 Å². The molecule has 0 saturated heterocycles. The van der Waals surface area contributed by atoms with Crippen LogP contribution >= 0.6 is 11.6 Å². The van der Waals surface area contributed by atoms with E-state index in [1.165, 1.54) is 11.1 Å². The number of nitrogens with one attached hydrogen (secondary N) is 1. The zero-order chi connectivity index (χ0) is 20.5. The van der Waals surface area contributed by atoms with Gasteiger partial charge in [-0.2, -0.15) is 0 Å². The first-order chi connectivity index (χ1) is 13.1. The highest BCUT2D eigenvalue weighted by molar-refractivity contribution is 6.31. The van der Waals surface area contributed by atoms with Crippen LogP contribution in [0.5, 0.6) is 0 Å². The van der Waals surface area contributed by atoms with Gasteiger partial charge in [0.2, 0.25) is 0 Å². The molecule has 148 valence electrons. The van der Waals surface area contributed by atoms with Crippen LogP contribution in [-0.4, -0.2) is 9.97 Å². The van der Waals surface area contributed by atoms with Crippen LogP contribution in [0.1, 0.15) is 57.6 Å². The molecule has 0 bridgehead atoms. The summed E-state index contributed by atoms with van der Waals surface area (Å²) in [6.07, 6.45) is 0. The van der Waals surface area contributed by atoms with Crippen molar-refractivity contribution in [1.82, 2.24) is 9.97 Å². The summed E-state index contributed by atoms with van der Waals surface area (Å²) < 4.78 is 0. The fourth-order valence-electron chi connectivity index (χ4n) is 3.49. The number of H-pyrrole nitrogens is 1. The summed E-state index contributed by atoms with van der Waals surface area (Å²) in [5, 5.41) is 3.39. The van der Waals surface area contributed by atoms with E-state index in [-0.39, 0.29) is 17.0 Å². The van der Waals surface area contributed by atoms with Crippen LogP contribution in [0, 0.1) is 5.92 Å². The lowest BCUT2D eigenvalue weighted by atomic mass is 9.85. The van der Waals surface area contributed by atoms with Gasteiger partial charge >= 0.3 is 0 Å². The number of rotatable bonds is 5. The highest BCUT2D eigenvalue weighted by atomic mass is 35.5. The van der Waals surface area contributed by atoms with E-state index < -0.39 is 0 Å². The molecule has 0 aliphatic rings. The quantitative estimate of drug-likeness (QED) is 0.671. The Morgan fingerprint density at radius 3 is 2.39 bits per heavy atom. The van der Waals surface area contributed by atoms with Gasteiger partial charge < -0.3 is 10.3 Å². The number of nitrogens with two attached hydrogens (primary N) is 1. The molecule has 5 heteroatoms. The minimum atomic E-state index is -0.124. The van der Waals surface area contributed by atoms with Crippen molar-refractivity contribution in [1.29, 1.82) is 0 Å². The lowest BCUT2D eigenvalue weighted by Crippen LogP contribution is -2.85. The molecule has 0 radical (unpaired) electrons. The molecule has 0 spiro atoms. The van der Waals surface area contributed by atoms with Crippen LogP contribution in [0.4, 0.5) is 0 Å². The van der Waals surface area contributed by atoms with Crippen LogP contribution in [0.2, 0.25) is 5.02 Å². The predicted octanol–water partition coefficient (Wildman–Crippen LogP) is 4.33. The van der Waals surface area contributed by atoms with Gasteiger partial charge in [-0.3, -0.25) is 4.79 Å². The SMILES string of the molecule is CC(C)[C@@H]([NH2+]Cc1nc2cc(Cl)ccc2c(=O)[nH]1)c1ccc(C(C)(C)C)cc1. The minimum Gasteiger partial charge on any atom is -0.334 e. The number of halogens is 1. The molecule has 0 unspecified atom stereocenters. The number of benzene rings is 2. The fourth-order valence-corrected chi connectivity index (χ4v) is 3.66. The second kappa shape index (κ2) is 8.06. The number of hydrogen-bond acceptors (Lipinski definition) is 2. The van der Waals surface area contributed by atoms with Gasteiger partial charge in [-0.25, -0.2) is 4.98 Å². The second-order valence-electron chi connectivity index (χ2n) is 8.76. The molecule has 3 N–H and O–H groups in total. The number of hydrogen-bond donors (Lipinski definition) is 2. The van der Waals surface area contributed by atoms with Crippen molar-refractivity contribution in [2.75, 3.05) is 0 Å². The highest BCUT2D eigenvalue weighted by Gasteiger charge is 2.21. The van der Waals surface area contributed by atoms with E-state index in [0.717, 1.165) is 0 Å². The van der Waals surface area contributed by atoms with Gasteiger partial charge in [0.1, 0.15) is 12.6 Å². The average molecular weight is 399 g/mol. The molecule has 3 rings (SSSR count). The summed E-state index contributed by atoms with van der Waals surface area (Å²) >= 11 is 6.06. The number of aromatic amines is 1. The Labute approximate surface area is 171 Å². The summed E-state index contributed by atoms with van der Waals surface area (Å²) in [6, 6.07) is 14.3. The van der Waals surface area contributed by atoms with Gasteiger partial charge in [0.25, 0.3) is 5.56 Å². The van der Waals surface area contributed by atoms with Crippen molar-refractivity contribution in [3.8, 4) is 0 Å².